The molecule has 1 aromatic heterocycles. The van der Waals surface area contributed by atoms with Gasteiger partial charge < -0.3 is 9.67 Å². The van der Waals surface area contributed by atoms with E-state index in [0.717, 1.165) is 4.57 Å². The van der Waals surface area contributed by atoms with Gasteiger partial charge in [0.25, 0.3) is 5.56 Å². The highest BCUT2D eigenvalue weighted by Crippen LogP contribution is 2.23. The fraction of sp³-hybridized carbons (Fsp3) is 0.167. The van der Waals surface area contributed by atoms with E-state index in [4.69, 9.17) is 5.11 Å². The van der Waals surface area contributed by atoms with Crippen LogP contribution in [0.2, 0.25) is 0 Å². The quantitative estimate of drug-likeness (QED) is 0.839. The molecule has 1 aromatic carbocycles. The summed E-state index contributed by atoms with van der Waals surface area (Å²) in [6.45, 7) is 1.41. The Hall–Kier alpha value is -2.50. The molecule has 0 amide bonds. The molecule has 0 unspecified atom stereocenters. The molecule has 6 heteroatoms. The van der Waals surface area contributed by atoms with Crippen LogP contribution < -0.4 is 5.56 Å². The maximum Gasteiger partial charge on any atom is 0.326 e. The molecule has 1 heterocycles. The lowest BCUT2D eigenvalue weighted by Gasteiger charge is -2.11. The molecule has 6 nitrogen and oxygen atoms in total. The summed E-state index contributed by atoms with van der Waals surface area (Å²) in [5.74, 6) is -1.10. The number of carbonyl (C=O) groups is 1. The Morgan fingerprint density at radius 1 is 1.33 bits per heavy atom. The van der Waals surface area contributed by atoms with Crippen LogP contribution in [-0.2, 0) is 4.79 Å². The van der Waals surface area contributed by atoms with Gasteiger partial charge in [-0.2, -0.15) is 0 Å². The van der Waals surface area contributed by atoms with Gasteiger partial charge in [-0.05, 0) is 30.3 Å². The molecule has 1 N–H and O–H groups in total. The average Bonchev–Trinajstić information content (AvgIpc) is 2.38. The SMILES string of the molecule is C[C@H](C(=O)O)n1ccc2c(N=O)cccc2c1=O. The van der Waals surface area contributed by atoms with Gasteiger partial charge in [0, 0.05) is 17.0 Å². The van der Waals surface area contributed by atoms with Crippen molar-refractivity contribution in [2.75, 3.05) is 0 Å². The zero-order valence-electron chi connectivity index (χ0n) is 9.53. The highest BCUT2D eigenvalue weighted by atomic mass is 16.4. The number of fused-ring (bicyclic) bond motifs is 1. The predicted molar refractivity (Wildman–Crippen MR) is 66.0 cm³/mol. The number of carboxylic acids is 1. The number of hydrogen-bond acceptors (Lipinski definition) is 4. The fourth-order valence-electron chi connectivity index (χ4n) is 1.78. The van der Waals surface area contributed by atoms with Gasteiger partial charge in [0.15, 0.2) is 0 Å². The maximum atomic E-state index is 12.1. The number of carboxylic acid groups (broad SMARTS) is 1. The third-order valence-electron chi connectivity index (χ3n) is 2.82. The van der Waals surface area contributed by atoms with Crippen LogP contribution in [0.3, 0.4) is 0 Å². The van der Waals surface area contributed by atoms with Crippen molar-refractivity contribution < 1.29 is 9.90 Å². The lowest BCUT2D eigenvalue weighted by Crippen LogP contribution is -2.27. The predicted octanol–water partition coefficient (Wildman–Crippen LogP) is 2.04. The Morgan fingerprint density at radius 2 is 2.06 bits per heavy atom. The Morgan fingerprint density at radius 3 is 2.67 bits per heavy atom. The van der Waals surface area contributed by atoms with Crippen molar-refractivity contribution in [2.45, 2.75) is 13.0 Å². The van der Waals surface area contributed by atoms with Crippen molar-refractivity contribution in [3.63, 3.8) is 0 Å². The summed E-state index contributed by atoms with van der Waals surface area (Å²) in [7, 11) is 0. The highest BCUT2D eigenvalue weighted by molar-refractivity contribution is 5.91. The Balaban J connectivity index is 2.77. The second-order valence-corrected chi connectivity index (χ2v) is 3.87. The van der Waals surface area contributed by atoms with Crippen LogP contribution in [0.15, 0.2) is 40.4 Å². The van der Waals surface area contributed by atoms with Crippen molar-refractivity contribution in [3.05, 3.63) is 45.7 Å². The first-order valence-electron chi connectivity index (χ1n) is 5.26. The number of nitrogens with zero attached hydrogens (tertiary/aromatic N) is 2. The van der Waals surface area contributed by atoms with Gasteiger partial charge in [-0.25, -0.2) is 4.79 Å². The topological polar surface area (TPSA) is 88.7 Å². The summed E-state index contributed by atoms with van der Waals surface area (Å²) < 4.78 is 1.11. The number of hydrogen-bond donors (Lipinski definition) is 1. The fourth-order valence-corrected chi connectivity index (χ4v) is 1.78. The molecule has 0 aliphatic heterocycles. The zero-order valence-corrected chi connectivity index (χ0v) is 9.53. The number of aromatic nitrogens is 1. The molecule has 0 saturated carbocycles. The van der Waals surface area contributed by atoms with E-state index in [0.29, 0.717) is 5.39 Å². The van der Waals surface area contributed by atoms with Crippen molar-refractivity contribution >= 4 is 22.4 Å². The number of benzene rings is 1. The first kappa shape index (κ1) is 12.0. The van der Waals surface area contributed by atoms with E-state index in [2.05, 4.69) is 5.18 Å². The molecular formula is C12H10N2O4. The van der Waals surface area contributed by atoms with Crippen molar-refractivity contribution in [1.82, 2.24) is 4.57 Å². The van der Waals surface area contributed by atoms with Crippen LogP contribution in [0.1, 0.15) is 13.0 Å². The van der Waals surface area contributed by atoms with Gasteiger partial charge >= 0.3 is 5.97 Å². The normalized spacial score (nSPS) is 12.3. The third-order valence-corrected chi connectivity index (χ3v) is 2.82. The number of rotatable bonds is 3. The van der Waals surface area contributed by atoms with Crippen molar-refractivity contribution in [1.29, 1.82) is 0 Å². The van der Waals surface area contributed by atoms with E-state index in [9.17, 15) is 14.5 Å². The van der Waals surface area contributed by atoms with E-state index in [-0.39, 0.29) is 11.1 Å². The lowest BCUT2D eigenvalue weighted by molar-refractivity contribution is -0.140. The first-order chi connectivity index (χ1) is 8.56. The van der Waals surface area contributed by atoms with E-state index in [1.54, 1.807) is 0 Å². The van der Waals surface area contributed by atoms with Gasteiger partial charge in [-0.15, -0.1) is 4.91 Å². The minimum absolute atomic E-state index is 0.166. The van der Waals surface area contributed by atoms with Crippen LogP contribution in [0, 0.1) is 4.91 Å². The molecule has 2 rings (SSSR count). The number of nitroso groups, excluding NO2 is 1. The smallest absolute Gasteiger partial charge is 0.326 e. The Kier molecular flexibility index (Phi) is 2.93. The standard InChI is InChI=1S/C12H10N2O4/c1-7(12(16)17)14-6-5-8-9(11(14)15)3-2-4-10(8)13-18/h2-7H,1H3,(H,16,17)/t7-/m1/s1. The van der Waals surface area contributed by atoms with Gasteiger partial charge in [0.05, 0.1) is 0 Å². The van der Waals surface area contributed by atoms with Crippen LogP contribution in [0.4, 0.5) is 5.69 Å². The molecule has 0 radical (unpaired) electrons. The Labute approximate surface area is 101 Å². The summed E-state index contributed by atoms with van der Waals surface area (Å²) in [6, 6.07) is 5.13. The molecular weight excluding hydrogens is 236 g/mol. The average molecular weight is 246 g/mol. The maximum absolute atomic E-state index is 12.1. The minimum atomic E-state index is -1.10. The first-order valence-corrected chi connectivity index (χ1v) is 5.26. The summed E-state index contributed by atoms with van der Waals surface area (Å²) in [6.07, 6.45) is 1.36. The summed E-state index contributed by atoms with van der Waals surface area (Å²) in [5.41, 5.74) is -0.285. The summed E-state index contributed by atoms with van der Waals surface area (Å²) >= 11 is 0. The third kappa shape index (κ3) is 1.77. The molecule has 0 spiro atoms. The molecule has 92 valence electrons. The molecule has 0 aliphatic carbocycles. The second kappa shape index (κ2) is 4.40. The number of aliphatic carboxylic acids is 1. The van der Waals surface area contributed by atoms with Crippen LogP contribution in [0.25, 0.3) is 10.8 Å². The lowest BCUT2D eigenvalue weighted by atomic mass is 10.1. The van der Waals surface area contributed by atoms with Crippen LogP contribution in [0.5, 0.6) is 0 Å². The largest absolute Gasteiger partial charge is 0.480 e. The van der Waals surface area contributed by atoms with Gasteiger partial charge in [-0.3, -0.25) is 4.79 Å². The number of pyridine rings is 1. The summed E-state index contributed by atoms with van der Waals surface area (Å²) in [5, 5.41) is 12.4. The molecule has 0 saturated heterocycles. The molecule has 0 aliphatic rings. The monoisotopic (exact) mass is 246 g/mol. The highest BCUT2D eigenvalue weighted by Gasteiger charge is 2.16. The Bertz CT molecular complexity index is 690. The van der Waals surface area contributed by atoms with E-state index < -0.39 is 17.6 Å². The minimum Gasteiger partial charge on any atom is -0.480 e. The molecule has 1 atom stereocenters. The summed E-state index contributed by atoms with van der Waals surface area (Å²) in [4.78, 5) is 33.6. The molecule has 18 heavy (non-hydrogen) atoms. The van der Waals surface area contributed by atoms with Crippen molar-refractivity contribution in [3.8, 4) is 0 Å². The van der Waals surface area contributed by atoms with Gasteiger partial charge in [0.2, 0.25) is 0 Å². The van der Waals surface area contributed by atoms with Crippen molar-refractivity contribution in [2.24, 2.45) is 5.18 Å². The van der Waals surface area contributed by atoms with Crippen LogP contribution in [-0.4, -0.2) is 15.6 Å². The van der Waals surface area contributed by atoms with E-state index >= 15 is 0 Å². The van der Waals surface area contributed by atoms with E-state index in [1.807, 2.05) is 0 Å². The van der Waals surface area contributed by atoms with Gasteiger partial charge in [-0.1, -0.05) is 6.07 Å². The van der Waals surface area contributed by atoms with Gasteiger partial charge in [0.1, 0.15) is 11.7 Å². The zero-order chi connectivity index (χ0) is 13.3. The second-order valence-electron chi connectivity index (χ2n) is 3.87. The van der Waals surface area contributed by atoms with E-state index in [1.165, 1.54) is 37.4 Å². The molecule has 0 bridgehead atoms. The van der Waals surface area contributed by atoms with Crippen LogP contribution >= 0.6 is 0 Å². The molecule has 2 aromatic rings. The molecule has 0 fully saturated rings.